The van der Waals surface area contributed by atoms with Crippen molar-refractivity contribution in [3.63, 3.8) is 0 Å². The molecule has 10 heteroatoms. The van der Waals surface area contributed by atoms with E-state index in [0.717, 1.165) is 18.3 Å². The van der Waals surface area contributed by atoms with E-state index in [0.29, 0.717) is 17.5 Å². The second kappa shape index (κ2) is 8.27. The number of amides is 1. The minimum atomic E-state index is -1.35. The normalized spacial score (nSPS) is 24.6. The van der Waals surface area contributed by atoms with Crippen molar-refractivity contribution in [3.8, 4) is 0 Å². The van der Waals surface area contributed by atoms with Crippen molar-refractivity contribution in [1.82, 2.24) is 14.9 Å². The highest BCUT2D eigenvalue weighted by atomic mass is 32.2. The molecule has 0 bridgehead atoms. The van der Waals surface area contributed by atoms with E-state index in [2.05, 4.69) is 9.97 Å². The number of hydrogen-bond donors (Lipinski definition) is 2. The van der Waals surface area contributed by atoms with Crippen molar-refractivity contribution in [3.05, 3.63) is 12.4 Å². The predicted octanol–water partition coefficient (Wildman–Crippen LogP) is 0.212. The highest BCUT2D eigenvalue weighted by Gasteiger charge is 2.52. The van der Waals surface area contributed by atoms with Crippen molar-refractivity contribution >= 4 is 30.3 Å². The molecule has 1 amide bonds. The van der Waals surface area contributed by atoms with Gasteiger partial charge in [-0.2, -0.15) is 0 Å². The summed E-state index contributed by atoms with van der Waals surface area (Å²) in [6.07, 6.45) is 3.83. The van der Waals surface area contributed by atoms with Gasteiger partial charge >= 0.3 is 7.12 Å². The molecule has 0 saturated carbocycles. The van der Waals surface area contributed by atoms with Crippen molar-refractivity contribution in [2.24, 2.45) is 0 Å². The summed E-state index contributed by atoms with van der Waals surface area (Å²) >= 11 is 1.47. The minimum Gasteiger partial charge on any atom is -0.399 e. The number of carbonyl (C=O) groups is 1. The molecule has 1 aromatic heterocycles. The van der Waals surface area contributed by atoms with Gasteiger partial charge < -0.3 is 24.4 Å². The Kier molecular flexibility index (Phi) is 6.36. The molecule has 2 aliphatic rings. The number of aromatic nitrogens is 2. The Bertz CT molecular complexity index is 687. The zero-order valence-corrected chi connectivity index (χ0v) is 17.6. The average Bonchev–Trinajstić information content (AvgIpc) is 3.20. The molecule has 3 rings (SSSR count). The third-order valence-electron chi connectivity index (χ3n) is 5.70. The maximum Gasteiger partial charge on any atom is 0.498 e. The summed E-state index contributed by atoms with van der Waals surface area (Å²) < 4.78 is 12.0. The summed E-state index contributed by atoms with van der Waals surface area (Å²) in [6, 6.07) is 0.00470. The Morgan fingerprint density at radius 3 is 2.50 bits per heavy atom. The van der Waals surface area contributed by atoms with Gasteiger partial charge in [0, 0.05) is 36.2 Å². The van der Waals surface area contributed by atoms with Gasteiger partial charge in [0.15, 0.2) is 11.3 Å². The molecule has 0 aliphatic carbocycles. The number of rotatable bonds is 6. The van der Waals surface area contributed by atoms with Gasteiger partial charge in [0.05, 0.1) is 17.8 Å². The van der Waals surface area contributed by atoms with Gasteiger partial charge in [-0.25, -0.2) is 9.97 Å². The Morgan fingerprint density at radius 2 is 1.93 bits per heavy atom. The molecule has 0 unspecified atom stereocenters. The van der Waals surface area contributed by atoms with Gasteiger partial charge in [0.25, 0.3) is 5.91 Å². The van der Waals surface area contributed by atoms with E-state index >= 15 is 0 Å². The smallest absolute Gasteiger partial charge is 0.399 e. The molecule has 2 N–H and O–H groups in total. The van der Waals surface area contributed by atoms with Gasteiger partial charge in [0.2, 0.25) is 0 Å². The second-order valence-electron chi connectivity index (χ2n) is 8.22. The van der Waals surface area contributed by atoms with Crippen LogP contribution in [-0.2, 0) is 14.1 Å². The van der Waals surface area contributed by atoms with Crippen LogP contribution < -0.4 is 5.46 Å². The summed E-state index contributed by atoms with van der Waals surface area (Å²) in [6.45, 7) is 8.04. The first-order chi connectivity index (χ1) is 13.1. The van der Waals surface area contributed by atoms with Crippen molar-refractivity contribution in [2.45, 2.75) is 69.0 Å². The Labute approximate surface area is 170 Å². The lowest BCUT2D eigenvalue weighted by Crippen LogP contribution is -2.44. The monoisotopic (exact) mass is 409 g/mol. The van der Waals surface area contributed by atoms with Gasteiger partial charge in [0.1, 0.15) is 0 Å². The molecule has 1 aromatic rings. The minimum absolute atomic E-state index is 0.00470. The van der Waals surface area contributed by atoms with Crippen LogP contribution in [0.25, 0.3) is 0 Å². The van der Waals surface area contributed by atoms with E-state index in [4.69, 9.17) is 14.4 Å². The quantitative estimate of drug-likeness (QED) is 0.391. The average molecular weight is 409 g/mol. The molecule has 2 saturated heterocycles. The maximum absolute atomic E-state index is 12.1. The molecule has 0 radical (unpaired) electrons. The van der Waals surface area contributed by atoms with Crippen LogP contribution in [0.5, 0.6) is 0 Å². The zero-order valence-electron chi connectivity index (χ0n) is 16.8. The molecule has 154 valence electrons. The highest BCUT2D eigenvalue weighted by molar-refractivity contribution is 7.99. The number of likely N-dealkylation sites (tertiary alicyclic amines) is 1. The lowest BCUT2D eigenvalue weighted by atomic mass is 9.81. The molecule has 2 fully saturated rings. The fourth-order valence-corrected chi connectivity index (χ4v) is 4.18. The number of thioether (sulfide) groups is 1. The van der Waals surface area contributed by atoms with Crippen LogP contribution >= 0.6 is 11.8 Å². The first-order valence-corrected chi connectivity index (χ1v) is 10.5. The number of aliphatic hydroxyl groups excluding tert-OH is 2. The molecule has 2 atom stereocenters. The zero-order chi connectivity index (χ0) is 20.5. The van der Waals surface area contributed by atoms with Gasteiger partial charge in [-0.3, -0.25) is 4.79 Å². The van der Waals surface area contributed by atoms with Crippen molar-refractivity contribution < 1.29 is 24.3 Å². The molecule has 3 heterocycles. The maximum atomic E-state index is 12.1. The van der Waals surface area contributed by atoms with E-state index in [-0.39, 0.29) is 6.04 Å². The number of carbonyl (C=O) groups excluding carboxylic acids is 1. The lowest BCUT2D eigenvalue weighted by molar-refractivity contribution is -0.142. The number of nitrogens with zero attached hydrogens (tertiary/aromatic N) is 3. The van der Waals surface area contributed by atoms with Crippen molar-refractivity contribution in [1.29, 1.82) is 0 Å². The van der Waals surface area contributed by atoms with Gasteiger partial charge in [-0.15, -0.1) is 0 Å². The highest BCUT2D eigenvalue weighted by Crippen LogP contribution is 2.36. The summed E-state index contributed by atoms with van der Waals surface area (Å²) in [5.41, 5.74) is -0.0579. The number of aliphatic hydroxyl groups is 2. The summed E-state index contributed by atoms with van der Waals surface area (Å²) in [5.74, 6) is 0.224. The molecule has 0 aromatic carbocycles. The molecular weight excluding hydrogens is 381 g/mol. The fourth-order valence-electron chi connectivity index (χ4n) is 3.24. The molecule has 0 spiro atoms. The molecule has 8 nitrogen and oxygen atoms in total. The van der Waals surface area contributed by atoms with Crippen LogP contribution in [0.2, 0.25) is 0 Å². The Hall–Kier alpha value is -1.20. The largest absolute Gasteiger partial charge is 0.498 e. The van der Waals surface area contributed by atoms with E-state index in [9.17, 15) is 9.90 Å². The standard InChI is InChI=1S/C18H28BN3O5S/c1-17(2)18(3,4)27-19(26-17)12-8-20-16(21-9-12)28-11-13-6-5-7-22(13)15(25)14(24)10-23/h8-9,13-14,23-24H,5-7,10-11H2,1-4H3/t13-,14+/m0/s1. The van der Waals surface area contributed by atoms with Gasteiger partial charge in [-0.05, 0) is 40.5 Å². The summed E-state index contributed by atoms with van der Waals surface area (Å²) in [7, 11) is -0.494. The number of hydrogen-bond acceptors (Lipinski definition) is 8. The van der Waals surface area contributed by atoms with Crippen LogP contribution in [0.4, 0.5) is 0 Å². The van der Waals surface area contributed by atoms with Crippen LogP contribution in [-0.4, -0.2) is 80.4 Å². The fraction of sp³-hybridized carbons (Fsp3) is 0.722. The first-order valence-electron chi connectivity index (χ1n) is 9.54. The van der Waals surface area contributed by atoms with E-state index < -0.39 is 36.9 Å². The molecule has 28 heavy (non-hydrogen) atoms. The Morgan fingerprint density at radius 1 is 1.32 bits per heavy atom. The van der Waals surface area contributed by atoms with E-state index in [1.165, 1.54) is 11.8 Å². The first kappa shape index (κ1) is 21.5. The predicted molar refractivity (Wildman–Crippen MR) is 106 cm³/mol. The molecular formula is C18H28BN3O5S. The second-order valence-corrected chi connectivity index (χ2v) is 9.21. The van der Waals surface area contributed by atoms with E-state index in [1.54, 1.807) is 17.3 Å². The molecule has 2 aliphatic heterocycles. The third-order valence-corrected chi connectivity index (χ3v) is 6.72. The van der Waals surface area contributed by atoms with Crippen LogP contribution in [0.15, 0.2) is 17.6 Å². The van der Waals surface area contributed by atoms with E-state index in [1.807, 2.05) is 27.7 Å². The van der Waals surface area contributed by atoms with Crippen LogP contribution in [0.1, 0.15) is 40.5 Å². The lowest BCUT2D eigenvalue weighted by Gasteiger charge is -2.32. The SMILES string of the molecule is CC1(C)OB(c2cnc(SC[C@@H]3CCCN3C(=O)[C@H](O)CO)nc2)OC1(C)C. The van der Waals surface area contributed by atoms with Crippen LogP contribution in [0, 0.1) is 0 Å². The van der Waals surface area contributed by atoms with Crippen LogP contribution in [0.3, 0.4) is 0 Å². The Balaban J connectivity index is 1.57. The van der Waals surface area contributed by atoms with Gasteiger partial charge in [-0.1, -0.05) is 11.8 Å². The summed E-state index contributed by atoms with van der Waals surface area (Å²) in [5, 5.41) is 19.2. The van der Waals surface area contributed by atoms with Crippen molar-refractivity contribution in [2.75, 3.05) is 18.9 Å². The summed E-state index contributed by atoms with van der Waals surface area (Å²) in [4.78, 5) is 22.6. The third kappa shape index (κ3) is 4.36. The topological polar surface area (TPSA) is 105 Å².